The number of hydrogen-bond donors (Lipinski definition) is 1. The van der Waals surface area contributed by atoms with Crippen LogP contribution in [0.25, 0.3) is 0 Å². The van der Waals surface area contributed by atoms with Crippen molar-refractivity contribution in [2.75, 3.05) is 6.61 Å². The lowest BCUT2D eigenvalue weighted by Gasteiger charge is -1.78. The van der Waals surface area contributed by atoms with Crippen molar-refractivity contribution in [3.8, 4) is 0 Å². The molecule has 0 saturated carbocycles. The minimum atomic E-state index is -0.0823. The number of aliphatic hydroxyl groups is 1. The van der Waals surface area contributed by atoms with Gasteiger partial charge < -0.3 is 5.11 Å². The highest BCUT2D eigenvalue weighted by Gasteiger charge is 1.79. The van der Waals surface area contributed by atoms with Crippen molar-refractivity contribution in [1.82, 2.24) is 0 Å². The molecule has 2 heteroatoms. The first-order valence-electron chi connectivity index (χ1n) is 1.97. The predicted molar refractivity (Wildman–Crippen MR) is 26.5 cm³/mol. The number of rotatable bonds is 2. The zero-order chi connectivity index (χ0) is 5.70. The Morgan fingerprint density at radius 2 is 2.57 bits per heavy atom. The van der Waals surface area contributed by atoms with Crippen molar-refractivity contribution in [3.63, 3.8) is 0 Å². The maximum absolute atomic E-state index is 9.59. The molecule has 0 aromatic rings. The molecule has 0 aliphatic rings. The van der Waals surface area contributed by atoms with Crippen LogP contribution in [0.1, 0.15) is 6.92 Å². The lowest BCUT2D eigenvalue weighted by atomic mass is 10.3. The van der Waals surface area contributed by atoms with Gasteiger partial charge in [0.1, 0.15) is 0 Å². The molecule has 0 aromatic carbocycles. The van der Waals surface area contributed by atoms with Gasteiger partial charge in [0.05, 0.1) is 6.61 Å². The molecule has 2 nitrogen and oxygen atoms in total. The third-order valence-electron chi connectivity index (χ3n) is 0.558. The Bertz CT molecular complexity index is 84.1. The van der Waals surface area contributed by atoms with Gasteiger partial charge in [0.25, 0.3) is 0 Å². The van der Waals surface area contributed by atoms with Crippen molar-refractivity contribution < 1.29 is 9.90 Å². The molecule has 0 fully saturated rings. The van der Waals surface area contributed by atoms with E-state index in [2.05, 4.69) is 0 Å². The topological polar surface area (TPSA) is 37.3 Å². The van der Waals surface area contributed by atoms with E-state index in [0.29, 0.717) is 5.57 Å². The van der Waals surface area contributed by atoms with E-state index < -0.39 is 0 Å². The molecule has 0 aromatic heterocycles. The largest absolute Gasteiger partial charge is 0.392 e. The molecule has 1 N–H and O–H groups in total. The summed E-state index contributed by atoms with van der Waals surface area (Å²) in [6, 6.07) is 0. The highest BCUT2D eigenvalue weighted by molar-refractivity contribution is 5.72. The second-order valence-corrected chi connectivity index (χ2v) is 1.17. The summed E-state index contributed by atoms with van der Waals surface area (Å²) in [5.74, 6) is 0. The number of carbonyl (C=O) groups excluding carboxylic acids is 1. The van der Waals surface area contributed by atoms with Crippen molar-refractivity contribution in [1.29, 1.82) is 0 Å². The second-order valence-electron chi connectivity index (χ2n) is 1.17. The molecule has 39 valence electrons. The molecule has 1 radical (unpaired) electrons. The van der Waals surface area contributed by atoms with Gasteiger partial charge in [-0.05, 0) is 12.5 Å². The van der Waals surface area contributed by atoms with Crippen LogP contribution in [-0.4, -0.2) is 18.0 Å². The average Bonchev–Trinajstić information content (AvgIpc) is 1.68. The lowest BCUT2D eigenvalue weighted by Crippen LogP contribution is -1.78. The number of hydrogen-bond acceptors (Lipinski definition) is 2. The fraction of sp³-hybridized carbons (Fsp3) is 0.400. The molecule has 0 bridgehead atoms. The van der Waals surface area contributed by atoms with Crippen molar-refractivity contribution in [2.45, 2.75) is 6.92 Å². The van der Waals surface area contributed by atoms with Gasteiger partial charge in [0.15, 0.2) is 0 Å². The van der Waals surface area contributed by atoms with Crippen molar-refractivity contribution >= 4 is 6.29 Å². The fourth-order valence-corrected chi connectivity index (χ4v) is 0.179. The molecule has 0 rings (SSSR count). The van der Waals surface area contributed by atoms with Crippen LogP contribution in [0.2, 0.25) is 0 Å². The lowest BCUT2D eigenvalue weighted by molar-refractivity contribution is 0.342. The summed E-state index contributed by atoms with van der Waals surface area (Å²) in [7, 11) is 0. The van der Waals surface area contributed by atoms with Gasteiger partial charge in [-0.3, -0.25) is 4.79 Å². The highest BCUT2D eigenvalue weighted by atomic mass is 16.2. The Morgan fingerprint density at radius 3 is 2.71 bits per heavy atom. The van der Waals surface area contributed by atoms with Gasteiger partial charge in [0.2, 0.25) is 6.29 Å². The SMILES string of the molecule is C/C([C]=O)=C/CO. The van der Waals surface area contributed by atoms with E-state index in [-0.39, 0.29) is 6.61 Å². The predicted octanol–water partition coefficient (Wildman–Crippen LogP) is 0.0347. The molecule has 0 heterocycles. The van der Waals surface area contributed by atoms with E-state index in [1.807, 2.05) is 0 Å². The van der Waals surface area contributed by atoms with Crippen LogP contribution in [-0.2, 0) is 4.79 Å². The zero-order valence-electron chi connectivity index (χ0n) is 4.14. The van der Waals surface area contributed by atoms with Crippen LogP contribution >= 0.6 is 0 Å². The number of allylic oxidation sites excluding steroid dienone is 1. The van der Waals surface area contributed by atoms with E-state index in [1.54, 1.807) is 13.2 Å². The first kappa shape index (κ1) is 6.37. The standard InChI is InChI=1S/C5H7O2/c1-5(4-7)2-3-6/h2,6H,3H2,1H3/b5-2-. The normalized spacial score (nSPS) is 11.4. The van der Waals surface area contributed by atoms with E-state index in [4.69, 9.17) is 5.11 Å². The second kappa shape index (κ2) is 3.56. The zero-order valence-corrected chi connectivity index (χ0v) is 4.14. The van der Waals surface area contributed by atoms with Gasteiger partial charge in [-0.1, -0.05) is 6.08 Å². The molecule has 7 heavy (non-hydrogen) atoms. The Balaban J connectivity index is 3.49. The molecule has 0 amide bonds. The highest BCUT2D eigenvalue weighted by Crippen LogP contribution is 1.81. The smallest absolute Gasteiger partial charge is 0.228 e. The summed E-state index contributed by atoms with van der Waals surface area (Å²) in [5.41, 5.74) is 0.447. The third-order valence-corrected chi connectivity index (χ3v) is 0.558. The fourth-order valence-electron chi connectivity index (χ4n) is 0.179. The Kier molecular flexibility index (Phi) is 3.24. The minimum Gasteiger partial charge on any atom is -0.392 e. The van der Waals surface area contributed by atoms with Gasteiger partial charge in [-0.15, -0.1) is 0 Å². The van der Waals surface area contributed by atoms with Crippen LogP contribution in [0.3, 0.4) is 0 Å². The molecular formula is C5H7O2. The van der Waals surface area contributed by atoms with Gasteiger partial charge >= 0.3 is 0 Å². The molecule has 0 unspecified atom stereocenters. The Hall–Kier alpha value is -0.630. The Labute approximate surface area is 42.5 Å². The maximum atomic E-state index is 9.59. The van der Waals surface area contributed by atoms with Crippen LogP contribution in [0, 0.1) is 0 Å². The molecule has 0 aliphatic carbocycles. The van der Waals surface area contributed by atoms with E-state index in [0.717, 1.165) is 0 Å². The van der Waals surface area contributed by atoms with Gasteiger partial charge in [0, 0.05) is 0 Å². The van der Waals surface area contributed by atoms with Crippen LogP contribution in [0.4, 0.5) is 0 Å². The third kappa shape index (κ3) is 3.19. The summed E-state index contributed by atoms with van der Waals surface area (Å²) in [4.78, 5) is 9.59. The summed E-state index contributed by atoms with van der Waals surface area (Å²) in [6.07, 6.45) is 3.01. The van der Waals surface area contributed by atoms with E-state index in [1.165, 1.54) is 6.08 Å². The first-order valence-corrected chi connectivity index (χ1v) is 1.97. The summed E-state index contributed by atoms with van der Waals surface area (Å²) < 4.78 is 0. The summed E-state index contributed by atoms with van der Waals surface area (Å²) >= 11 is 0. The molecule has 0 spiro atoms. The molecule has 0 aliphatic heterocycles. The van der Waals surface area contributed by atoms with Gasteiger partial charge in [-0.25, -0.2) is 0 Å². The van der Waals surface area contributed by atoms with E-state index in [9.17, 15) is 4.79 Å². The minimum absolute atomic E-state index is 0.0823. The monoisotopic (exact) mass is 99.0 g/mol. The Morgan fingerprint density at radius 1 is 2.00 bits per heavy atom. The van der Waals surface area contributed by atoms with Crippen molar-refractivity contribution in [2.24, 2.45) is 0 Å². The molecule has 0 saturated heterocycles. The summed E-state index contributed by atoms with van der Waals surface area (Å²) in [5, 5.41) is 8.11. The van der Waals surface area contributed by atoms with Crippen LogP contribution in [0.5, 0.6) is 0 Å². The molecule has 0 atom stereocenters. The quantitative estimate of drug-likeness (QED) is 0.496. The first-order chi connectivity index (χ1) is 3.31. The van der Waals surface area contributed by atoms with Crippen LogP contribution < -0.4 is 0 Å². The van der Waals surface area contributed by atoms with Crippen molar-refractivity contribution in [3.05, 3.63) is 11.6 Å². The number of aliphatic hydroxyl groups excluding tert-OH is 1. The van der Waals surface area contributed by atoms with E-state index >= 15 is 0 Å². The summed E-state index contributed by atoms with van der Waals surface area (Å²) in [6.45, 7) is 1.50. The maximum Gasteiger partial charge on any atom is 0.228 e. The average molecular weight is 99.1 g/mol. The van der Waals surface area contributed by atoms with Crippen LogP contribution in [0.15, 0.2) is 11.6 Å². The molecular weight excluding hydrogens is 92.1 g/mol. The van der Waals surface area contributed by atoms with Gasteiger partial charge in [-0.2, -0.15) is 0 Å².